The molecule has 1 aromatic carbocycles. The second kappa shape index (κ2) is 7.01. The van der Waals surface area contributed by atoms with Crippen molar-refractivity contribution in [2.24, 2.45) is 0 Å². The van der Waals surface area contributed by atoms with Crippen molar-refractivity contribution in [2.45, 2.75) is 19.9 Å². The summed E-state index contributed by atoms with van der Waals surface area (Å²) in [6, 6.07) is 9.74. The van der Waals surface area contributed by atoms with E-state index in [9.17, 15) is 0 Å². The van der Waals surface area contributed by atoms with Crippen LogP contribution in [0.4, 0.5) is 5.95 Å². The van der Waals surface area contributed by atoms with E-state index in [1.165, 1.54) is 0 Å². The smallest absolute Gasteiger partial charge is 0.225 e. The van der Waals surface area contributed by atoms with Crippen LogP contribution in [0.5, 0.6) is 0 Å². The Bertz CT molecular complexity index is 587. The number of halogens is 1. The Morgan fingerprint density at radius 1 is 1.20 bits per heavy atom. The van der Waals surface area contributed by atoms with Crippen molar-refractivity contribution in [2.75, 3.05) is 11.4 Å². The summed E-state index contributed by atoms with van der Waals surface area (Å²) in [5, 5.41) is 8.81. The van der Waals surface area contributed by atoms with Crippen LogP contribution >= 0.6 is 15.9 Å². The van der Waals surface area contributed by atoms with Crippen LogP contribution in [0.1, 0.15) is 24.5 Å². The Morgan fingerprint density at radius 3 is 2.40 bits per heavy atom. The summed E-state index contributed by atoms with van der Waals surface area (Å²) in [4.78, 5) is 10.8. The van der Waals surface area contributed by atoms with Gasteiger partial charge in [-0.15, -0.1) is 0 Å². The third-order valence-electron chi connectivity index (χ3n) is 2.84. The van der Waals surface area contributed by atoms with E-state index in [0.29, 0.717) is 5.56 Å². The highest BCUT2D eigenvalue weighted by Crippen LogP contribution is 2.15. The first kappa shape index (κ1) is 14.5. The second-order valence-electron chi connectivity index (χ2n) is 4.43. The molecule has 102 valence electrons. The Morgan fingerprint density at radius 2 is 1.85 bits per heavy atom. The Hall–Kier alpha value is -1.93. The number of nitriles is 1. The van der Waals surface area contributed by atoms with Crippen LogP contribution < -0.4 is 4.90 Å². The van der Waals surface area contributed by atoms with E-state index in [0.717, 1.165) is 35.5 Å². The van der Waals surface area contributed by atoms with Gasteiger partial charge >= 0.3 is 0 Å². The number of benzene rings is 1. The van der Waals surface area contributed by atoms with Gasteiger partial charge in [-0.05, 0) is 40.0 Å². The molecule has 0 bridgehead atoms. The van der Waals surface area contributed by atoms with E-state index >= 15 is 0 Å². The van der Waals surface area contributed by atoms with E-state index in [4.69, 9.17) is 5.26 Å². The highest BCUT2D eigenvalue weighted by Gasteiger charge is 2.09. The molecule has 0 aliphatic rings. The van der Waals surface area contributed by atoms with Crippen molar-refractivity contribution in [3.63, 3.8) is 0 Å². The summed E-state index contributed by atoms with van der Waals surface area (Å²) < 4.78 is 0.871. The van der Waals surface area contributed by atoms with Crippen LogP contribution in [0, 0.1) is 11.3 Å². The zero-order chi connectivity index (χ0) is 14.4. The lowest BCUT2D eigenvalue weighted by molar-refractivity contribution is 0.738. The molecule has 0 fully saturated rings. The zero-order valence-corrected chi connectivity index (χ0v) is 12.8. The van der Waals surface area contributed by atoms with Crippen LogP contribution in [0.3, 0.4) is 0 Å². The van der Waals surface area contributed by atoms with Gasteiger partial charge in [0.1, 0.15) is 0 Å². The highest BCUT2D eigenvalue weighted by molar-refractivity contribution is 9.10. The van der Waals surface area contributed by atoms with Gasteiger partial charge in [-0.1, -0.05) is 19.1 Å². The van der Waals surface area contributed by atoms with Crippen molar-refractivity contribution in [1.82, 2.24) is 9.97 Å². The summed E-state index contributed by atoms with van der Waals surface area (Å²) in [5.74, 6) is 0.722. The Kier molecular flexibility index (Phi) is 5.08. The average molecular weight is 331 g/mol. The van der Waals surface area contributed by atoms with Gasteiger partial charge in [-0.2, -0.15) is 5.26 Å². The predicted octanol–water partition coefficient (Wildman–Crippen LogP) is 3.53. The molecule has 1 aromatic heterocycles. The quantitative estimate of drug-likeness (QED) is 0.841. The molecule has 0 amide bonds. The number of rotatable bonds is 5. The van der Waals surface area contributed by atoms with Crippen molar-refractivity contribution in [1.29, 1.82) is 5.26 Å². The van der Waals surface area contributed by atoms with Crippen molar-refractivity contribution in [3.05, 3.63) is 52.3 Å². The molecule has 0 saturated carbocycles. The zero-order valence-electron chi connectivity index (χ0n) is 11.3. The monoisotopic (exact) mass is 330 g/mol. The number of anilines is 1. The molecule has 0 N–H and O–H groups in total. The van der Waals surface area contributed by atoms with Crippen molar-refractivity contribution in [3.8, 4) is 6.07 Å². The van der Waals surface area contributed by atoms with Crippen molar-refractivity contribution < 1.29 is 0 Å². The molecule has 0 atom stereocenters. The van der Waals surface area contributed by atoms with Gasteiger partial charge in [0, 0.05) is 25.5 Å². The van der Waals surface area contributed by atoms with Crippen LogP contribution in [-0.2, 0) is 6.54 Å². The minimum Gasteiger partial charge on any atom is -0.337 e. The van der Waals surface area contributed by atoms with Crippen molar-refractivity contribution >= 4 is 21.9 Å². The minimum absolute atomic E-state index is 0.677. The van der Waals surface area contributed by atoms with Gasteiger partial charge in [0.05, 0.1) is 16.1 Å². The first-order chi connectivity index (χ1) is 9.72. The summed E-state index contributed by atoms with van der Waals surface area (Å²) in [5.41, 5.74) is 1.82. The molecule has 5 heteroatoms. The molecule has 4 nitrogen and oxygen atoms in total. The molecule has 0 aliphatic heterocycles. The topological polar surface area (TPSA) is 52.8 Å². The first-order valence-electron chi connectivity index (χ1n) is 6.44. The largest absolute Gasteiger partial charge is 0.337 e. The summed E-state index contributed by atoms with van der Waals surface area (Å²) >= 11 is 3.34. The van der Waals surface area contributed by atoms with Crippen LogP contribution in [0.25, 0.3) is 0 Å². The van der Waals surface area contributed by atoms with Gasteiger partial charge in [0.2, 0.25) is 5.95 Å². The average Bonchev–Trinajstić information content (AvgIpc) is 2.48. The van der Waals surface area contributed by atoms with Gasteiger partial charge < -0.3 is 4.90 Å². The molecule has 0 aliphatic carbocycles. The van der Waals surface area contributed by atoms with Crippen LogP contribution in [0.15, 0.2) is 41.1 Å². The molecule has 0 spiro atoms. The Labute approximate surface area is 127 Å². The molecule has 0 saturated heterocycles. The molecular weight excluding hydrogens is 316 g/mol. The molecule has 0 unspecified atom stereocenters. The third-order valence-corrected chi connectivity index (χ3v) is 3.25. The van der Waals surface area contributed by atoms with Gasteiger partial charge in [0.15, 0.2) is 0 Å². The molecular formula is C15H15BrN4. The highest BCUT2D eigenvalue weighted by atomic mass is 79.9. The lowest BCUT2D eigenvalue weighted by Crippen LogP contribution is -2.25. The SMILES string of the molecule is CCCN(Cc1ccc(C#N)cc1)c1ncc(Br)cn1. The molecule has 1 heterocycles. The Balaban J connectivity index is 2.16. The van der Waals surface area contributed by atoms with Gasteiger partial charge in [-0.3, -0.25) is 0 Å². The lowest BCUT2D eigenvalue weighted by Gasteiger charge is -2.22. The van der Waals surface area contributed by atoms with Gasteiger partial charge in [-0.25, -0.2) is 9.97 Å². The molecule has 0 radical (unpaired) electrons. The fraction of sp³-hybridized carbons (Fsp3) is 0.267. The van der Waals surface area contributed by atoms with E-state index < -0.39 is 0 Å². The predicted molar refractivity (Wildman–Crippen MR) is 82.2 cm³/mol. The summed E-state index contributed by atoms with van der Waals surface area (Å²) in [7, 11) is 0. The second-order valence-corrected chi connectivity index (χ2v) is 5.35. The normalized spacial score (nSPS) is 10.1. The maximum Gasteiger partial charge on any atom is 0.225 e. The number of aromatic nitrogens is 2. The standard InChI is InChI=1S/C15H15BrN4/c1-2-7-20(15-18-9-14(16)10-19-15)11-13-5-3-12(8-17)4-6-13/h3-6,9-10H,2,7,11H2,1H3. The number of nitrogens with zero attached hydrogens (tertiary/aromatic N) is 4. The fourth-order valence-corrected chi connectivity index (χ4v) is 2.10. The van der Waals surface area contributed by atoms with E-state index in [1.807, 2.05) is 24.3 Å². The maximum atomic E-state index is 8.81. The van der Waals surface area contributed by atoms with Crippen LogP contribution in [-0.4, -0.2) is 16.5 Å². The first-order valence-corrected chi connectivity index (χ1v) is 7.23. The summed E-state index contributed by atoms with van der Waals surface area (Å²) in [6.45, 7) is 3.76. The molecule has 2 rings (SSSR count). The minimum atomic E-state index is 0.677. The molecule has 2 aromatic rings. The summed E-state index contributed by atoms with van der Waals surface area (Å²) in [6.07, 6.45) is 4.53. The number of hydrogen-bond acceptors (Lipinski definition) is 4. The van der Waals surface area contributed by atoms with E-state index in [-0.39, 0.29) is 0 Å². The lowest BCUT2D eigenvalue weighted by atomic mass is 10.1. The van der Waals surface area contributed by atoms with E-state index in [1.54, 1.807) is 12.4 Å². The van der Waals surface area contributed by atoms with Crippen LogP contribution in [0.2, 0.25) is 0 Å². The molecule has 20 heavy (non-hydrogen) atoms. The van der Waals surface area contributed by atoms with Gasteiger partial charge in [0.25, 0.3) is 0 Å². The van der Waals surface area contributed by atoms with E-state index in [2.05, 4.69) is 43.8 Å². The fourth-order valence-electron chi connectivity index (χ4n) is 1.89. The maximum absolute atomic E-state index is 8.81. The third kappa shape index (κ3) is 3.78. The number of hydrogen-bond donors (Lipinski definition) is 0.